The van der Waals surface area contributed by atoms with Crippen molar-refractivity contribution in [2.75, 3.05) is 0 Å². The number of hydrogen-bond acceptors (Lipinski definition) is 2. The number of hydrogen-bond donors (Lipinski definition) is 2. The molecule has 0 aromatic carbocycles. The molecular weight excluding hydrogens is 192 g/mol. The van der Waals surface area contributed by atoms with E-state index in [2.05, 4.69) is 17.2 Å². The smallest absolute Gasteiger partial charge is 0.268 e. The third-order valence-electron chi connectivity index (χ3n) is 2.11. The van der Waals surface area contributed by atoms with Crippen LogP contribution in [0, 0.1) is 0 Å². The molecule has 82 valence electrons. The molecule has 0 bridgehead atoms. The largest absolute Gasteiger partial charge is 0.348 e. The van der Waals surface area contributed by atoms with Crippen molar-refractivity contribution in [2.45, 2.75) is 32.7 Å². The third-order valence-corrected chi connectivity index (χ3v) is 2.11. The molecule has 1 amide bonds. The highest BCUT2D eigenvalue weighted by Gasteiger charge is 2.08. The summed E-state index contributed by atoms with van der Waals surface area (Å²) in [6.07, 6.45) is 1.95. The Morgan fingerprint density at radius 2 is 2.27 bits per heavy atom. The summed E-state index contributed by atoms with van der Waals surface area (Å²) < 4.78 is 0. The molecule has 0 fully saturated rings. The minimum Gasteiger partial charge on any atom is -0.348 e. The van der Waals surface area contributed by atoms with E-state index in [1.165, 1.54) is 6.07 Å². The number of amides is 1. The van der Waals surface area contributed by atoms with Gasteiger partial charge in [0.1, 0.15) is 5.69 Å². The fraction of sp³-hybridized carbons (Fsp3) is 0.455. The normalized spacial score (nSPS) is 12.1. The molecule has 1 atom stereocenters. The molecule has 1 heterocycles. The number of nitrogens with one attached hydrogen (secondary N) is 2. The summed E-state index contributed by atoms with van der Waals surface area (Å²) in [5.41, 5.74) is 0.0521. The van der Waals surface area contributed by atoms with E-state index in [9.17, 15) is 9.59 Å². The molecule has 1 rings (SSSR count). The monoisotopic (exact) mass is 208 g/mol. The molecule has 15 heavy (non-hydrogen) atoms. The molecule has 0 aliphatic rings. The number of aromatic amines is 1. The maximum absolute atomic E-state index is 11.6. The molecular formula is C11H16N2O2. The van der Waals surface area contributed by atoms with Crippen LogP contribution in [0.2, 0.25) is 0 Å². The summed E-state index contributed by atoms with van der Waals surface area (Å²) in [6, 6.07) is 4.67. The highest BCUT2D eigenvalue weighted by molar-refractivity contribution is 5.92. The Kier molecular flexibility index (Phi) is 4.09. The number of rotatable bonds is 4. The number of carbonyl (C=O) groups is 1. The van der Waals surface area contributed by atoms with Gasteiger partial charge in [0.25, 0.3) is 5.91 Å². The fourth-order valence-corrected chi connectivity index (χ4v) is 1.39. The number of carbonyl (C=O) groups excluding carboxylic acids is 1. The van der Waals surface area contributed by atoms with Crippen molar-refractivity contribution < 1.29 is 4.79 Å². The maximum Gasteiger partial charge on any atom is 0.268 e. The highest BCUT2D eigenvalue weighted by atomic mass is 16.2. The second-order valence-corrected chi connectivity index (χ2v) is 3.59. The Balaban J connectivity index is 2.65. The molecule has 2 N–H and O–H groups in total. The highest BCUT2D eigenvalue weighted by Crippen LogP contribution is 1.97. The van der Waals surface area contributed by atoms with Crippen LogP contribution in [0.5, 0.6) is 0 Å². The van der Waals surface area contributed by atoms with Gasteiger partial charge in [-0.25, -0.2) is 0 Å². The molecule has 0 spiro atoms. The van der Waals surface area contributed by atoms with Crippen molar-refractivity contribution in [3.63, 3.8) is 0 Å². The van der Waals surface area contributed by atoms with Crippen LogP contribution in [-0.2, 0) is 0 Å². The van der Waals surface area contributed by atoms with Crippen LogP contribution in [-0.4, -0.2) is 16.9 Å². The Morgan fingerprint density at radius 1 is 1.53 bits per heavy atom. The molecule has 1 aromatic heterocycles. The summed E-state index contributed by atoms with van der Waals surface area (Å²) in [4.78, 5) is 25.1. The van der Waals surface area contributed by atoms with Gasteiger partial charge >= 0.3 is 0 Å². The lowest BCUT2D eigenvalue weighted by Crippen LogP contribution is -2.33. The SMILES string of the molecule is CCCC(C)NC(=O)c1cccc(=O)[nH]1. The lowest BCUT2D eigenvalue weighted by atomic mass is 10.2. The van der Waals surface area contributed by atoms with Crippen molar-refractivity contribution in [2.24, 2.45) is 0 Å². The van der Waals surface area contributed by atoms with Gasteiger partial charge < -0.3 is 10.3 Å². The number of H-pyrrole nitrogens is 1. The Labute approximate surface area is 88.7 Å². The third kappa shape index (κ3) is 3.58. The van der Waals surface area contributed by atoms with E-state index in [-0.39, 0.29) is 17.5 Å². The Morgan fingerprint density at radius 3 is 2.87 bits per heavy atom. The second-order valence-electron chi connectivity index (χ2n) is 3.59. The average molecular weight is 208 g/mol. The van der Waals surface area contributed by atoms with Gasteiger partial charge in [-0.05, 0) is 19.4 Å². The van der Waals surface area contributed by atoms with Crippen molar-refractivity contribution in [1.82, 2.24) is 10.3 Å². The van der Waals surface area contributed by atoms with Gasteiger partial charge in [-0.2, -0.15) is 0 Å². The minimum atomic E-state index is -0.259. The van der Waals surface area contributed by atoms with Gasteiger partial charge in [-0.1, -0.05) is 19.4 Å². The van der Waals surface area contributed by atoms with Crippen LogP contribution in [0.1, 0.15) is 37.2 Å². The first-order valence-electron chi connectivity index (χ1n) is 5.13. The van der Waals surface area contributed by atoms with E-state index in [4.69, 9.17) is 0 Å². The van der Waals surface area contributed by atoms with E-state index in [0.717, 1.165) is 12.8 Å². The topological polar surface area (TPSA) is 62.0 Å². The van der Waals surface area contributed by atoms with E-state index in [1.807, 2.05) is 6.92 Å². The molecule has 1 aromatic rings. The molecule has 0 aliphatic heterocycles. The Bertz CT molecular complexity index is 384. The van der Waals surface area contributed by atoms with Gasteiger partial charge in [0.15, 0.2) is 0 Å². The van der Waals surface area contributed by atoms with Crippen LogP contribution in [0.25, 0.3) is 0 Å². The fourth-order valence-electron chi connectivity index (χ4n) is 1.39. The van der Waals surface area contributed by atoms with Gasteiger partial charge in [-0.15, -0.1) is 0 Å². The lowest BCUT2D eigenvalue weighted by Gasteiger charge is -2.12. The first-order chi connectivity index (χ1) is 7.13. The summed E-state index contributed by atoms with van der Waals surface area (Å²) in [5.74, 6) is -0.228. The first-order valence-corrected chi connectivity index (χ1v) is 5.13. The second kappa shape index (κ2) is 5.34. The van der Waals surface area contributed by atoms with E-state index in [1.54, 1.807) is 12.1 Å². The Hall–Kier alpha value is -1.58. The summed E-state index contributed by atoms with van der Waals surface area (Å²) in [5, 5.41) is 2.82. The van der Waals surface area contributed by atoms with Crippen molar-refractivity contribution in [3.05, 3.63) is 34.2 Å². The molecule has 1 unspecified atom stereocenters. The van der Waals surface area contributed by atoms with Crippen LogP contribution in [0.4, 0.5) is 0 Å². The summed E-state index contributed by atoms with van der Waals surface area (Å²) in [6.45, 7) is 4.01. The predicted octanol–water partition coefficient (Wildman–Crippen LogP) is 1.29. The van der Waals surface area contributed by atoms with Crippen LogP contribution < -0.4 is 10.9 Å². The van der Waals surface area contributed by atoms with Gasteiger partial charge in [0.2, 0.25) is 5.56 Å². The lowest BCUT2D eigenvalue weighted by molar-refractivity contribution is 0.0933. The van der Waals surface area contributed by atoms with Gasteiger partial charge in [-0.3, -0.25) is 9.59 Å². The molecule has 0 radical (unpaired) electrons. The minimum absolute atomic E-state index is 0.131. The first kappa shape index (κ1) is 11.5. The standard InChI is InChI=1S/C11H16N2O2/c1-3-5-8(2)12-11(15)9-6-4-7-10(14)13-9/h4,6-8H,3,5H2,1-2H3,(H,12,15)(H,13,14). The molecule has 0 saturated heterocycles. The van der Waals surface area contributed by atoms with Gasteiger partial charge in [0, 0.05) is 12.1 Å². The predicted molar refractivity (Wildman–Crippen MR) is 58.9 cm³/mol. The van der Waals surface area contributed by atoms with Crippen molar-refractivity contribution in [3.8, 4) is 0 Å². The van der Waals surface area contributed by atoms with Gasteiger partial charge in [0.05, 0.1) is 0 Å². The number of aromatic nitrogens is 1. The van der Waals surface area contributed by atoms with Crippen LogP contribution in [0.15, 0.2) is 23.0 Å². The van der Waals surface area contributed by atoms with E-state index in [0.29, 0.717) is 5.69 Å². The quantitative estimate of drug-likeness (QED) is 0.783. The molecule has 0 aliphatic carbocycles. The zero-order valence-corrected chi connectivity index (χ0v) is 9.04. The van der Waals surface area contributed by atoms with E-state index < -0.39 is 0 Å². The van der Waals surface area contributed by atoms with Crippen molar-refractivity contribution >= 4 is 5.91 Å². The molecule has 4 nitrogen and oxygen atoms in total. The zero-order valence-electron chi connectivity index (χ0n) is 9.04. The van der Waals surface area contributed by atoms with Crippen molar-refractivity contribution in [1.29, 1.82) is 0 Å². The summed E-state index contributed by atoms with van der Waals surface area (Å²) in [7, 11) is 0. The molecule has 0 saturated carbocycles. The zero-order chi connectivity index (χ0) is 11.3. The molecule has 4 heteroatoms. The van der Waals surface area contributed by atoms with Crippen LogP contribution in [0.3, 0.4) is 0 Å². The average Bonchev–Trinajstić information content (AvgIpc) is 2.18. The van der Waals surface area contributed by atoms with E-state index >= 15 is 0 Å². The maximum atomic E-state index is 11.6. The summed E-state index contributed by atoms with van der Waals surface area (Å²) >= 11 is 0. The number of pyridine rings is 1. The van der Waals surface area contributed by atoms with Crippen LogP contribution >= 0.6 is 0 Å².